The molecule has 5 nitrogen and oxygen atoms in total. The maximum atomic E-state index is 5.56. The highest BCUT2D eigenvalue weighted by Gasteiger charge is 2.22. The second-order valence-electron chi connectivity index (χ2n) is 5.44. The molecule has 0 bridgehead atoms. The molecule has 22 heavy (non-hydrogen) atoms. The molecule has 0 fully saturated rings. The average Bonchev–Trinajstić information content (AvgIpc) is 2.74. The van der Waals surface area contributed by atoms with Gasteiger partial charge in [0.1, 0.15) is 23.0 Å². The number of rotatable bonds is 4. The Morgan fingerprint density at radius 3 is 2.82 bits per heavy atom. The van der Waals surface area contributed by atoms with Crippen LogP contribution in [0.5, 0.6) is 11.5 Å². The smallest absolute Gasteiger partial charge is 0.132 e. The first-order valence-corrected chi connectivity index (χ1v) is 7.84. The quantitative estimate of drug-likeness (QED) is 0.941. The van der Waals surface area contributed by atoms with Gasteiger partial charge in [0.25, 0.3) is 0 Å². The lowest BCUT2D eigenvalue weighted by Gasteiger charge is -2.10. The number of benzene rings is 1. The highest BCUT2D eigenvalue weighted by atomic mass is 16.5. The fourth-order valence-electron chi connectivity index (χ4n) is 3.01. The van der Waals surface area contributed by atoms with Gasteiger partial charge in [0.15, 0.2) is 0 Å². The molecule has 2 aromatic rings. The van der Waals surface area contributed by atoms with Crippen LogP contribution in [-0.2, 0) is 13.0 Å². The third kappa shape index (κ3) is 2.51. The van der Waals surface area contributed by atoms with Crippen LogP contribution in [0.2, 0.25) is 0 Å². The molecule has 0 amide bonds. The largest absolute Gasteiger partial charge is 0.497 e. The van der Waals surface area contributed by atoms with Crippen LogP contribution < -0.4 is 14.8 Å². The number of ether oxygens (including phenoxy) is 2. The van der Waals surface area contributed by atoms with Crippen LogP contribution in [0.25, 0.3) is 11.3 Å². The number of anilines is 1. The summed E-state index contributed by atoms with van der Waals surface area (Å²) in [6.45, 7) is 3.99. The minimum Gasteiger partial charge on any atom is -0.497 e. The number of nitrogens with zero attached hydrogens (tertiary/aromatic N) is 2. The van der Waals surface area contributed by atoms with Gasteiger partial charge in [-0.05, 0) is 38.3 Å². The number of methoxy groups -OCH3 is 2. The molecule has 0 radical (unpaired) electrons. The number of aryl methyl sites for hydroxylation is 1. The lowest BCUT2D eigenvalue weighted by atomic mass is 10.0. The Balaban J connectivity index is 2.14. The molecule has 1 aliphatic heterocycles. The predicted molar refractivity (Wildman–Crippen MR) is 87.9 cm³/mol. The fraction of sp³-hybridized carbons (Fsp3) is 0.471. The molecule has 3 rings (SSSR count). The summed E-state index contributed by atoms with van der Waals surface area (Å²) in [5.74, 6) is 2.75. The van der Waals surface area contributed by atoms with E-state index in [0.717, 1.165) is 48.1 Å². The zero-order chi connectivity index (χ0) is 15.5. The van der Waals surface area contributed by atoms with Gasteiger partial charge in [0.05, 0.1) is 14.2 Å². The van der Waals surface area contributed by atoms with Crippen molar-refractivity contribution in [1.82, 2.24) is 9.78 Å². The van der Waals surface area contributed by atoms with E-state index in [0.29, 0.717) is 0 Å². The van der Waals surface area contributed by atoms with E-state index in [1.54, 1.807) is 14.2 Å². The molecule has 2 heterocycles. The normalized spacial score (nSPS) is 14.0. The van der Waals surface area contributed by atoms with Gasteiger partial charge in [0, 0.05) is 30.3 Å². The van der Waals surface area contributed by atoms with Gasteiger partial charge in [-0.15, -0.1) is 0 Å². The van der Waals surface area contributed by atoms with E-state index >= 15 is 0 Å². The Hall–Kier alpha value is -2.17. The maximum Gasteiger partial charge on any atom is 0.132 e. The van der Waals surface area contributed by atoms with E-state index in [4.69, 9.17) is 14.6 Å². The summed E-state index contributed by atoms with van der Waals surface area (Å²) >= 11 is 0. The number of aromatic nitrogens is 2. The van der Waals surface area contributed by atoms with Crippen molar-refractivity contribution in [3.63, 3.8) is 0 Å². The molecule has 1 N–H and O–H groups in total. The van der Waals surface area contributed by atoms with E-state index in [1.807, 2.05) is 18.2 Å². The molecule has 0 unspecified atom stereocenters. The topological polar surface area (TPSA) is 48.3 Å². The van der Waals surface area contributed by atoms with Crippen LogP contribution in [-0.4, -0.2) is 30.5 Å². The molecule has 0 aliphatic carbocycles. The molecule has 0 saturated carbocycles. The summed E-state index contributed by atoms with van der Waals surface area (Å²) in [5, 5.41) is 8.35. The molecular formula is C17H23N3O2. The third-order valence-electron chi connectivity index (χ3n) is 4.16. The summed E-state index contributed by atoms with van der Waals surface area (Å²) in [4.78, 5) is 0. The Kier molecular flexibility index (Phi) is 4.22. The molecule has 1 aromatic heterocycles. The zero-order valence-corrected chi connectivity index (χ0v) is 13.5. The van der Waals surface area contributed by atoms with Gasteiger partial charge in [-0.25, -0.2) is 4.68 Å². The first-order chi connectivity index (χ1) is 10.8. The highest BCUT2D eigenvalue weighted by molar-refractivity contribution is 5.75. The summed E-state index contributed by atoms with van der Waals surface area (Å²) < 4.78 is 12.9. The van der Waals surface area contributed by atoms with Crippen LogP contribution in [0.15, 0.2) is 18.2 Å². The van der Waals surface area contributed by atoms with E-state index in [9.17, 15) is 0 Å². The summed E-state index contributed by atoms with van der Waals surface area (Å²) in [6.07, 6.45) is 3.42. The van der Waals surface area contributed by atoms with Gasteiger partial charge in [-0.1, -0.05) is 0 Å². The summed E-state index contributed by atoms with van der Waals surface area (Å²) in [5.41, 5.74) is 3.34. The van der Waals surface area contributed by atoms with E-state index in [-0.39, 0.29) is 0 Å². The van der Waals surface area contributed by atoms with Crippen molar-refractivity contribution < 1.29 is 9.47 Å². The molecular weight excluding hydrogens is 278 g/mol. The molecule has 0 spiro atoms. The van der Waals surface area contributed by atoms with Crippen molar-refractivity contribution in [1.29, 1.82) is 0 Å². The van der Waals surface area contributed by atoms with Gasteiger partial charge < -0.3 is 14.8 Å². The molecule has 1 aliphatic rings. The summed E-state index contributed by atoms with van der Waals surface area (Å²) in [7, 11) is 3.35. The number of hydrogen-bond donors (Lipinski definition) is 1. The standard InChI is InChI=1S/C17H23N3O2/c1-4-20-17-14(7-5-6-10-18-17)16(19-20)13-9-8-12(21-2)11-15(13)22-3/h8-9,11,18H,4-7,10H2,1-3H3. The van der Waals surface area contributed by atoms with Gasteiger partial charge >= 0.3 is 0 Å². The lowest BCUT2D eigenvalue weighted by molar-refractivity contribution is 0.395. The SMILES string of the molecule is CCn1nc(-c2ccc(OC)cc2OC)c2c1NCCCC2. The Bertz CT molecular complexity index is 664. The zero-order valence-electron chi connectivity index (χ0n) is 13.5. The van der Waals surface area contributed by atoms with Crippen LogP contribution >= 0.6 is 0 Å². The molecule has 5 heteroatoms. The maximum absolute atomic E-state index is 5.56. The van der Waals surface area contributed by atoms with Gasteiger partial charge in [0.2, 0.25) is 0 Å². The first-order valence-electron chi connectivity index (χ1n) is 7.84. The first kappa shape index (κ1) is 14.8. The number of nitrogens with one attached hydrogen (secondary N) is 1. The monoisotopic (exact) mass is 301 g/mol. The van der Waals surface area contributed by atoms with Gasteiger partial charge in [-0.3, -0.25) is 0 Å². The van der Waals surface area contributed by atoms with Crippen molar-refractivity contribution in [2.75, 3.05) is 26.1 Å². The van der Waals surface area contributed by atoms with Crippen molar-refractivity contribution >= 4 is 5.82 Å². The Morgan fingerprint density at radius 2 is 2.09 bits per heavy atom. The molecule has 0 atom stereocenters. The minimum absolute atomic E-state index is 0.791. The molecule has 0 saturated heterocycles. The van der Waals surface area contributed by atoms with Crippen molar-refractivity contribution in [2.24, 2.45) is 0 Å². The average molecular weight is 301 g/mol. The van der Waals surface area contributed by atoms with E-state index in [2.05, 4.69) is 16.9 Å². The number of fused-ring (bicyclic) bond motifs is 1. The van der Waals surface area contributed by atoms with Crippen molar-refractivity contribution in [2.45, 2.75) is 32.7 Å². The molecule has 118 valence electrons. The fourth-order valence-corrected chi connectivity index (χ4v) is 3.01. The second kappa shape index (κ2) is 6.30. The van der Waals surface area contributed by atoms with E-state index < -0.39 is 0 Å². The lowest BCUT2D eigenvalue weighted by Crippen LogP contribution is -2.07. The highest BCUT2D eigenvalue weighted by Crippen LogP contribution is 2.38. The third-order valence-corrected chi connectivity index (χ3v) is 4.16. The van der Waals surface area contributed by atoms with Crippen LogP contribution in [0, 0.1) is 0 Å². The van der Waals surface area contributed by atoms with E-state index in [1.165, 1.54) is 18.4 Å². The molecule has 1 aromatic carbocycles. The minimum atomic E-state index is 0.791. The van der Waals surface area contributed by atoms with Crippen LogP contribution in [0.4, 0.5) is 5.82 Å². The Morgan fingerprint density at radius 1 is 1.23 bits per heavy atom. The summed E-state index contributed by atoms with van der Waals surface area (Å²) in [6, 6.07) is 5.90. The Labute approximate surface area is 131 Å². The van der Waals surface area contributed by atoms with Crippen molar-refractivity contribution in [3.05, 3.63) is 23.8 Å². The van der Waals surface area contributed by atoms with Crippen molar-refractivity contribution in [3.8, 4) is 22.8 Å². The van der Waals surface area contributed by atoms with Crippen LogP contribution in [0.3, 0.4) is 0 Å². The van der Waals surface area contributed by atoms with Crippen LogP contribution in [0.1, 0.15) is 25.3 Å². The second-order valence-corrected chi connectivity index (χ2v) is 5.44. The number of hydrogen-bond acceptors (Lipinski definition) is 4. The predicted octanol–water partition coefficient (Wildman–Crippen LogP) is 3.34. The van der Waals surface area contributed by atoms with Gasteiger partial charge in [-0.2, -0.15) is 5.10 Å².